The Labute approximate surface area is 149 Å². The number of H-pyrrole nitrogens is 1. The number of thiazole rings is 1. The van der Waals surface area contributed by atoms with Crippen molar-refractivity contribution in [3.63, 3.8) is 0 Å². The van der Waals surface area contributed by atoms with Gasteiger partial charge in [-0.1, -0.05) is 57.6 Å². The molecule has 0 unspecified atom stereocenters. The minimum absolute atomic E-state index is 0.225. The van der Waals surface area contributed by atoms with E-state index in [2.05, 4.69) is 36.1 Å². The zero-order valence-electron chi connectivity index (χ0n) is 12.4. The molecule has 2 aromatic heterocycles. The van der Waals surface area contributed by atoms with Gasteiger partial charge in [-0.05, 0) is 23.8 Å². The molecular weight excluding hydrogens is 388 g/mol. The first-order valence-electron chi connectivity index (χ1n) is 7.25. The van der Waals surface area contributed by atoms with Crippen LogP contribution in [0.2, 0.25) is 0 Å². The first-order valence-corrected chi connectivity index (χ1v) is 8.86. The summed E-state index contributed by atoms with van der Waals surface area (Å²) in [5, 5.41) is 9.29. The Morgan fingerprint density at radius 3 is 2.79 bits per heavy atom. The predicted molar refractivity (Wildman–Crippen MR) is 98.8 cm³/mol. The van der Waals surface area contributed by atoms with E-state index in [9.17, 15) is 4.79 Å². The van der Waals surface area contributed by atoms with Gasteiger partial charge in [0.05, 0.1) is 6.42 Å². The summed E-state index contributed by atoms with van der Waals surface area (Å²) in [4.78, 5) is 20.6. The molecule has 0 bridgehead atoms. The Hall–Kier alpha value is -2.38. The highest BCUT2D eigenvalue weighted by Crippen LogP contribution is 2.33. The van der Waals surface area contributed by atoms with E-state index in [4.69, 9.17) is 0 Å². The topological polar surface area (TPSA) is 70.5 Å². The predicted octanol–water partition coefficient (Wildman–Crippen LogP) is 5.39. The summed E-state index contributed by atoms with van der Waals surface area (Å²) in [6.45, 7) is 0. The van der Waals surface area contributed by atoms with Gasteiger partial charge in [0.2, 0.25) is 5.13 Å². The van der Waals surface area contributed by atoms with Gasteiger partial charge in [-0.2, -0.15) is 0 Å². The highest BCUT2D eigenvalue weighted by molar-refractivity contribution is 9.10. The van der Waals surface area contributed by atoms with Crippen LogP contribution in [0, 0.1) is 0 Å². The molecule has 0 atom stereocenters. The lowest BCUT2D eigenvalue weighted by molar-refractivity contribution is -0.117. The standard InChI is InChI=1S/C17H11BrN4OS/c18-11-7-5-10(6-8-11)9-14(23)21-22-17-20-15-12-3-1-2-4-13(12)19-16(15)24-17/h1-8,19H,9H2. The van der Waals surface area contributed by atoms with Gasteiger partial charge in [0.25, 0.3) is 5.91 Å². The van der Waals surface area contributed by atoms with Crippen LogP contribution in [0.1, 0.15) is 5.56 Å². The van der Waals surface area contributed by atoms with Crippen LogP contribution >= 0.6 is 27.3 Å². The second kappa shape index (κ2) is 6.26. The molecule has 0 fully saturated rings. The van der Waals surface area contributed by atoms with Gasteiger partial charge in [0.1, 0.15) is 10.3 Å². The van der Waals surface area contributed by atoms with Gasteiger partial charge in [0, 0.05) is 15.4 Å². The van der Waals surface area contributed by atoms with Gasteiger partial charge in [-0.25, -0.2) is 4.98 Å². The first-order chi connectivity index (χ1) is 11.7. The zero-order chi connectivity index (χ0) is 16.5. The van der Waals surface area contributed by atoms with E-state index in [1.165, 1.54) is 11.3 Å². The lowest BCUT2D eigenvalue weighted by atomic mass is 10.1. The highest BCUT2D eigenvalue weighted by Gasteiger charge is 2.10. The van der Waals surface area contributed by atoms with Crippen LogP contribution in [0.4, 0.5) is 5.13 Å². The third-order valence-corrected chi connectivity index (χ3v) is 4.95. The molecule has 0 aliphatic rings. The molecule has 7 heteroatoms. The molecule has 118 valence electrons. The number of fused-ring (bicyclic) bond motifs is 3. The summed E-state index contributed by atoms with van der Waals surface area (Å²) in [6, 6.07) is 15.5. The Kier molecular flexibility index (Phi) is 3.95. The van der Waals surface area contributed by atoms with E-state index >= 15 is 0 Å². The van der Waals surface area contributed by atoms with Crippen molar-refractivity contribution in [2.45, 2.75) is 6.42 Å². The van der Waals surface area contributed by atoms with Crippen molar-refractivity contribution < 1.29 is 4.79 Å². The van der Waals surface area contributed by atoms with E-state index in [1.54, 1.807) is 0 Å². The second-order valence-corrected chi connectivity index (χ2v) is 7.13. The maximum absolute atomic E-state index is 11.9. The average Bonchev–Trinajstić information content (AvgIpc) is 3.12. The number of halogens is 1. The molecule has 4 aromatic rings. The lowest BCUT2D eigenvalue weighted by Gasteiger charge is -1.96. The number of hydrogen-bond acceptors (Lipinski definition) is 4. The lowest BCUT2D eigenvalue weighted by Crippen LogP contribution is -1.97. The van der Waals surface area contributed by atoms with Crippen molar-refractivity contribution >= 4 is 59.6 Å². The smallest absolute Gasteiger partial charge is 0.269 e. The Morgan fingerprint density at radius 2 is 1.96 bits per heavy atom. The number of amides is 1. The number of carbonyl (C=O) groups excluding carboxylic acids is 1. The van der Waals surface area contributed by atoms with Gasteiger partial charge < -0.3 is 4.98 Å². The number of hydrogen-bond donors (Lipinski definition) is 1. The molecule has 2 heterocycles. The molecule has 1 N–H and O–H groups in total. The highest BCUT2D eigenvalue weighted by atomic mass is 79.9. The number of rotatable bonds is 3. The van der Waals surface area contributed by atoms with Crippen molar-refractivity contribution in [2.24, 2.45) is 10.2 Å². The Bertz CT molecular complexity index is 1070. The SMILES string of the molecule is O=C(Cc1ccc(Br)cc1)N=Nc1nc2c([nH]c3ccccc32)s1. The van der Waals surface area contributed by atoms with Gasteiger partial charge in [-0.3, -0.25) is 4.79 Å². The average molecular weight is 399 g/mol. The van der Waals surface area contributed by atoms with E-state index in [-0.39, 0.29) is 12.3 Å². The van der Waals surface area contributed by atoms with Crippen molar-refractivity contribution in [3.05, 3.63) is 58.6 Å². The van der Waals surface area contributed by atoms with Crippen LogP contribution in [-0.4, -0.2) is 15.9 Å². The van der Waals surface area contributed by atoms with Crippen molar-refractivity contribution in [2.75, 3.05) is 0 Å². The van der Waals surface area contributed by atoms with Crippen LogP contribution in [-0.2, 0) is 11.2 Å². The summed E-state index contributed by atoms with van der Waals surface area (Å²) in [5.74, 6) is -0.291. The minimum Gasteiger partial charge on any atom is -0.345 e. The van der Waals surface area contributed by atoms with Crippen LogP contribution in [0.15, 0.2) is 63.2 Å². The normalized spacial score (nSPS) is 11.7. The third-order valence-electron chi connectivity index (χ3n) is 3.56. The van der Waals surface area contributed by atoms with Crippen molar-refractivity contribution in [1.29, 1.82) is 0 Å². The molecule has 0 saturated heterocycles. The molecule has 2 aromatic carbocycles. The van der Waals surface area contributed by atoms with Crippen LogP contribution in [0.5, 0.6) is 0 Å². The number of nitrogens with one attached hydrogen (secondary N) is 1. The van der Waals surface area contributed by atoms with Crippen molar-refractivity contribution in [3.8, 4) is 0 Å². The molecule has 1 amide bonds. The van der Waals surface area contributed by atoms with Gasteiger partial charge >= 0.3 is 0 Å². The summed E-state index contributed by atoms with van der Waals surface area (Å²) >= 11 is 4.75. The first kappa shape index (κ1) is 15.2. The maximum Gasteiger partial charge on any atom is 0.269 e. The fraction of sp³-hybridized carbons (Fsp3) is 0.0588. The molecule has 0 aliphatic heterocycles. The van der Waals surface area contributed by atoms with E-state index in [1.807, 2.05) is 48.5 Å². The molecule has 0 radical (unpaired) electrons. The number of nitrogens with zero attached hydrogens (tertiary/aromatic N) is 3. The van der Waals surface area contributed by atoms with Gasteiger partial charge in [-0.15, -0.1) is 10.2 Å². The molecule has 4 rings (SSSR count). The number of carbonyl (C=O) groups is 1. The monoisotopic (exact) mass is 398 g/mol. The van der Waals surface area contributed by atoms with E-state index in [0.29, 0.717) is 5.13 Å². The third kappa shape index (κ3) is 3.00. The summed E-state index contributed by atoms with van der Waals surface area (Å²) < 4.78 is 0.977. The number of benzene rings is 2. The quantitative estimate of drug-likeness (QED) is 0.469. The molecule has 5 nitrogen and oxygen atoms in total. The number of aromatic nitrogens is 2. The second-order valence-electron chi connectivity index (χ2n) is 5.24. The largest absolute Gasteiger partial charge is 0.345 e. The van der Waals surface area contributed by atoms with Crippen LogP contribution < -0.4 is 0 Å². The Balaban J connectivity index is 1.53. The summed E-state index contributed by atoms with van der Waals surface area (Å²) in [6.07, 6.45) is 0.225. The van der Waals surface area contributed by atoms with E-state index < -0.39 is 0 Å². The van der Waals surface area contributed by atoms with Crippen LogP contribution in [0.3, 0.4) is 0 Å². The summed E-state index contributed by atoms with van der Waals surface area (Å²) in [7, 11) is 0. The number of aromatic amines is 1. The number of azo groups is 1. The molecule has 0 spiro atoms. The minimum atomic E-state index is -0.291. The fourth-order valence-electron chi connectivity index (χ4n) is 2.45. The summed E-state index contributed by atoms with van der Waals surface area (Å²) in [5.41, 5.74) is 2.81. The maximum atomic E-state index is 11.9. The van der Waals surface area contributed by atoms with Crippen molar-refractivity contribution in [1.82, 2.24) is 9.97 Å². The zero-order valence-corrected chi connectivity index (χ0v) is 14.8. The number of para-hydroxylation sites is 1. The molecular formula is C17H11BrN4OS. The molecule has 0 saturated carbocycles. The Morgan fingerprint density at radius 1 is 1.17 bits per heavy atom. The van der Waals surface area contributed by atoms with Crippen LogP contribution in [0.25, 0.3) is 21.3 Å². The molecule has 0 aliphatic carbocycles. The molecule has 24 heavy (non-hydrogen) atoms. The van der Waals surface area contributed by atoms with E-state index in [0.717, 1.165) is 31.3 Å². The fourth-order valence-corrected chi connectivity index (χ4v) is 3.53. The van der Waals surface area contributed by atoms with Gasteiger partial charge in [0.15, 0.2) is 0 Å².